The van der Waals surface area contributed by atoms with Gasteiger partial charge in [0, 0.05) is 22.6 Å². The largest absolute Gasteiger partial charge is 0.446 e. The van der Waals surface area contributed by atoms with E-state index in [1.807, 2.05) is 6.07 Å². The molecule has 0 saturated heterocycles. The number of hydrogen-bond donors (Lipinski definition) is 0. The van der Waals surface area contributed by atoms with E-state index in [2.05, 4.69) is 61.2 Å². The van der Waals surface area contributed by atoms with E-state index in [1.54, 1.807) is 6.92 Å². The zero-order chi connectivity index (χ0) is 17.9. The summed E-state index contributed by atoms with van der Waals surface area (Å²) in [6.45, 7) is 5.51. The van der Waals surface area contributed by atoms with Gasteiger partial charge in [-0.05, 0) is 41.7 Å². The predicted molar refractivity (Wildman–Crippen MR) is 104 cm³/mol. The minimum absolute atomic E-state index is 0.312. The quantitative estimate of drug-likeness (QED) is 0.459. The Bertz CT molecular complexity index is 1070. The van der Waals surface area contributed by atoms with Crippen LogP contribution in [0.2, 0.25) is 0 Å². The standard InChI is InChI=1S/C24H20O2/c1-15(2)23(25)26-24(17-12-13-17)20-10-6-5-9-19(20)22-18-8-4-3-7-16(18)11-14-21(22)24/h3-11,14,17H,1,12-13H2,2H3. The Kier molecular flexibility index (Phi) is 3.14. The predicted octanol–water partition coefficient (Wildman–Crippen LogP) is 5.59. The van der Waals surface area contributed by atoms with Gasteiger partial charge in [0.1, 0.15) is 0 Å². The van der Waals surface area contributed by atoms with Gasteiger partial charge >= 0.3 is 5.97 Å². The van der Waals surface area contributed by atoms with Gasteiger partial charge in [0.05, 0.1) is 0 Å². The molecule has 0 amide bonds. The van der Waals surface area contributed by atoms with E-state index in [0.717, 1.165) is 24.0 Å². The zero-order valence-electron chi connectivity index (χ0n) is 14.8. The van der Waals surface area contributed by atoms with Gasteiger partial charge in [0.15, 0.2) is 5.60 Å². The van der Waals surface area contributed by atoms with Crippen LogP contribution in [-0.4, -0.2) is 5.97 Å². The molecule has 0 heterocycles. The molecular formula is C24H20O2. The number of rotatable bonds is 3. The third-order valence-corrected chi connectivity index (χ3v) is 5.68. The SMILES string of the molecule is C=C(C)C(=O)OC1(C2CC2)c2ccccc2-c2c1ccc1ccccc21. The lowest BCUT2D eigenvalue weighted by Crippen LogP contribution is -2.34. The summed E-state index contributed by atoms with van der Waals surface area (Å²) in [6.07, 6.45) is 2.15. The highest BCUT2D eigenvalue weighted by atomic mass is 16.6. The molecule has 2 heteroatoms. The zero-order valence-corrected chi connectivity index (χ0v) is 14.8. The summed E-state index contributed by atoms with van der Waals surface area (Å²) in [6, 6.07) is 21.1. The minimum atomic E-state index is -0.689. The summed E-state index contributed by atoms with van der Waals surface area (Å²) in [7, 11) is 0. The van der Waals surface area contributed by atoms with Crippen molar-refractivity contribution in [1.82, 2.24) is 0 Å². The molecule has 26 heavy (non-hydrogen) atoms. The van der Waals surface area contributed by atoms with Crippen LogP contribution in [-0.2, 0) is 15.1 Å². The van der Waals surface area contributed by atoms with Gasteiger partial charge in [-0.1, -0.05) is 67.2 Å². The number of benzene rings is 3. The van der Waals surface area contributed by atoms with Crippen LogP contribution in [0.4, 0.5) is 0 Å². The van der Waals surface area contributed by atoms with Crippen molar-refractivity contribution in [3.63, 3.8) is 0 Å². The van der Waals surface area contributed by atoms with Crippen LogP contribution in [0.15, 0.2) is 72.8 Å². The molecule has 3 aromatic rings. The van der Waals surface area contributed by atoms with Crippen LogP contribution >= 0.6 is 0 Å². The van der Waals surface area contributed by atoms with Crippen LogP contribution in [0.25, 0.3) is 21.9 Å². The first kappa shape index (κ1) is 15.4. The van der Waals surface area contributed by atoms with Crippen LogP contribution in [0.5, 0.6) is 0 Å². The molecule has 1 fully saturated rings. The molecule has 3 aromatic carbocycles. The summed E-state index contributed by atoms with van der Waals surface area (Å²) >= 11 is 0. The Labute approximate surface area is 153 Å². The van der Waals surface area contributed by atoms with Crippen molar-refractivity contribution >= 4 is 16.7 Å². The van der Waals surface area contributed by atoms with Gasteiger partial charge in [0.25, 0.3) is 0 Å². The summed E-state index contributed by atoms with van der Waals surface area (Å²) in [4.78, 5) is 12.6. The fourth-order valence-corrected chi connectivity index (χ4v) is 4.40. The Hall–Kier alpha value is -2.87. The molecule has 0 aliphatic heterocycles. The normalized spacial score (nSPS) is 20.5. The third kappa shape index (κ3) is 1.96. The molecule has 1 unspecified atom stereocenters. The molecular weight excluding hydrogens is 320 g/mol. The first-order chi connectivity index (χ1) is 12.6. The average molecular weight is 340 g/mol. The summed E-state index contributed by atoms with van der Waals surface area (Å²) < 4.78 is 6.25. The smallest absolute Gasteiger partial charge is 0.334 e. The number of carbonyl (C=O) groups is 1. The van der Waals surface area contributed by atoms with Gasteiger partial charge in [-0.3, -0.25) is 0 Å². The van der Waals surface area contributed by atoms with E-state index in [1.165, 1.54) is 21.9 Å². The highest BCUT2D eigenvalue weighted by molar-refractivity contribution is 6.03. The van der Waals surface area contributed by atoms with Gasteiger partial charge in [-0.2, -0.15) is 0 Å². The van der Waals surface area contributed by atoms with E-state index < -0.39 is 5.60 Å². The van der Waals surface area contributed by atoms with E-state index in [9.17, 15) is 4.79 Å². The number of ether oxygens (including phenoxy) is 1. The second-order valence-electron chi connectivity index (χ2n) is 7.43. The fourth-order valence-electron chi connectivity index (χ4n) is 4.40. The molecule has 1 saturated carbocycles. The topological polar surface area (TPSA) is 26.3 Å². The van der Waals surface area contributed by atoms with Gasteiger partial charge in [-0.25, -0.2) is 4.79 Å². The van der Waals surface area contributed by atoms with E-state index in [4.69, 9.17) is 4.74 Å². The molecule has 0 bridgehead atoms. The first-order valence-corrected chi connectivity index (χ1v) is 9.14. The van der Waals surface area contributed by atoms with Crippen LogP contribution < -0.4 is 0 Å². The van der Waals surface area contributed by atoms with Crippen molar-refractivity contribution in [2.24, 2.45) is 5.92 Å². The molecule has 0 spiro atoms. The molecule has 128 valence electrons. The van der Waals surface area contributed by atoms with Gasteiger partial charge < -0.3 is 4.74 Å². The summed E-state index contributed by atoms with van der Waals surface area (Å²) in [5.74, 6) is 0.0158. The second kappa shape index (κ2) is 5.31. The Morgan fingerprint density at radius 3 is 2.50 bits per heavy atom. The molecule has 5 rings (SSSR count). The van der Waals surface area contributed by atoms with E-state index >= 15 is 0 Å². The lowest BCUT2D eigenvalue weighted by Gasteiger charge is -2.32. The maximum Gasteiger partial charge on any atom is 0.334 e. The molecule has 1 atom stereocenters. The molecule has 2 aliphatic rings. The first-order valence-electron chi connectivity index (χ1n) is 9.14. The Morgan fingerprint density at radius 1 is 1.00 bits per heavy atom. The van der Waals surface area contributed by atoms with E-state index in [-0.39, 0.29) is 5.97 Å². The molecule has 0 radical (unpaired) electrons. The molecule has 0 aromatic heterocycles. The highest BCUT2D eigenvalue weighted by Crippen LogP contribution is 2.61. The van der Waals surface area contributed by atoms with Crippen molar-refractivity contribution in [3.05, 3.63) is 83.9 Å². The number of carbonyl (C=O) groups excluding carboxylic acids is 1. The third-order valence-electron chi connectivity index (χ3n) is 5.68. The summed E-state index contributed by atoms with van der Waals surface area (Å²) in [5, 5.41) is 2.42. The minimum Gasteiger partial charge on any atom is -0.446 e. The number of fused-ring (bicyclic) bond motifs is 5. The van der Waals surface area contributed by atoms with Gasteiger partial charge in [-0.15, -0.1) is 0 Å². The Morgan fingerprint density at radius 2 is 1.73 bits per heavy atom. The lowest BCUT2D eigenvalue weighted by molar-refractivity contribution is -0.153. The molecule has 2 aliphatic carbocycles. The highest BCUT2D eigenvalue weighted by Gasteiger charge is 2.56. The van der Waals surface area contributed by atoms with E-state index in [0.29, 0.717) is 11.5 Å². The van der Waals surface area contributed by atoms with Crippen LogP contribution in [0, 0.1) is 5.92 Å². The summed E-state index contributed by atoms with van der Waals surface area (Å²) in [5.41, 5.74) is 4.38. The lowest BCUT2D eigenvalue weighted by atomic mass is 9.85. The maximum atomic E-state index is 12.6. The Balaban J connectivity index is 1.86. The van der Waals surface area contributed by atoms with Crippen molar-refractivity contribution in [2.75, 3.05) is 0 Å². The second-order valence-corrected chi connectivity index (χ2v) is 7.43. The number of hydrogen-bond acceptors (Lipinski definition) is 2. The van der Waals surface area contributed by atoms with Crippen molar-refractivity contribution in [1.29, 1.82) is 0 Å². The van der Waals surface area contributed by atoms with Crippen molar-refractivity contribution < 1.29 is 9.53 Å². The van der Waals surface area contributed by atoms with Gasteiger partial charge in [0.2, 0.25) is 0 Å². The fraction of sp³-hybridized carbons (Fsp3) is 0.208. The number of esters is 1. The molecule has 2 nitrogen and oxygen atoms in total. The monoisotopic (exact) mass is 340 g/mol. The average Bonchev–Trinajstić information content (AvgIpc) is 3.47. The van der Waals surface area contributed by atoms with Crippen molar-refractivity contribution in [2.45, 2.75) is 25.4 Å². The maximum absolute atomic E-state index is 12.6. The van der Waals surface area contributed by atoms with Crippen LogP contribution in [0.3, 0.4) is 0 Å². The van der Waals surface area contributed by atoms with Crippen LogP contribution in [0.1, 0.15) is 30.9 Å². The molecule has 0 N–H and O–H groups in total. The van der Waals surface area contributed by atoms with Crippen molar-refractivity contribution in [3.8, 4) is 11.1 Å².